The molecule has 4 aromatic rings. The van der Waals surface area contributed by atoms with E-state index in [4.69, 9.17) is 4.74 Å². The highest BCUT2D eigenvalue weighted by atomic mass is 32.1. The number of carbonyl (C=O) groups is 2. The minimum absolute atomic E-state index is 0.0347. The van der Waals surface area contributed by atoms with Gasteiger partial charge < -0.3 is 4.74 Å². The average Bonchev–Trinajstić information content (AvgIpc) is 3.40. The maximum atomic E-state index is 13.0. The Kier molecular flexibility index (Phi) is 5.61. The first-order valence-electron chi connectivity index (χ1n) is 9.11. The fourth-order valence-electron chi connectivity index (χ4n) is 2.88. The van der Waals surface area contributed by atoms with Gasteiger partial charge in [-0.2, -0.15) is 13.2 Å². The van der Waals surface area contributed by atoms with E-state index in [0.717, 1.165) is 28.4 Å². The molecule has 164 valence electrons. The summed E-state index contributed by atoms with van der Waals surface area (Å²) in [4.78, 5) is 29.8. The maximum Gasteiger partial charge on any atom is 0.416 e. The molecule has 0 bridgehead atoms. The summed E-state index contributed by atoms with van der Waals surface area (Å²) in [5.41, 5.74) is 0.359. The summed E-state index contributed by atoms with van der Waals surface area (Å²) in [5, 5.41) is 9.30. The summed E-state index contributed by atoms with van der Waals surface area (Å²) in [6, 6.07) is 7.57. The number of aromatic nitrogens is 4. The first kappa shape index (κ1) is 21.4. The molecule has 0 fully saturated rings. The van der Waals surface area contributed by atoms with Crippen LogP contribution in [0.15, 0.2) is 54.3 Å². The van der Waals surface area contributed by atoms with E-state index < -0.39 is 23.6 Å². The molecule has 0 aliphatic carbocycles. The van der Waals surface area contributed by atoms with Crippen LogP contribution in [0.3, 0.4) is 0 Å². The van der Waals surface area contributed by atoms with Crippen molar-refractivity contribution in [3.8, 4) is 0 Å². The van der Waals surface area contributed by atoms with E-state index in [1.807, 2.05) is 0 Å². The van der Waals surface area contributed by atoms with Crippen molar-refractivity contribution in [1.29, 1.82) is 0 Å². The van der Waals surface area contributed by atoms with Crippen LogP contribution in [0.25, 0.3) is 5.65 Å². The number of thiazole rings is 1. The van der Waals surface area contributed by atoms with Gasteiger partial charge in [-0.15, -0.1) is 21.5 Å². The topological polar surface area (TPSA) is 89.7 Å². The molecule has 0 radical (unpaired) electrons. The van der Waals surface area contributed by atoms with E-state index in [2.05, 4.69) is 15.2 Å². The fraction of sp³-hybridized carbons (Fsp3) is 0.150. The molecule has 8 nitrogen and oxygen atoms in total. The number of alkyl halides is 3. The Labute approximate surface area is 182 Å². The van der Waals surface area contributed by atoms with E-state index >= 15 is 0 Å². The van der Waals surface area contributed by atoms with Crippen molar-refractivity contribution in [1.82, 2.24) is 19.6 Å². The molecule has 0 saturated carbocycles. The molecule has 1 amide bonds. The Morgan fingerprint density at radius 1 is 1.22 bits per heavy atom. The quantitative estimate of drug-likeness (QED) is 0.413. The molecule has 12 heteroatoms. The van der Waals surface area contributed by atoms with E-state index in [1.54, 1.807) is 21.9 Å². The van der Waals surface area contributed by atoms with Crippen molar-refractivity contribution >= 4 is 39.7 Å². The van der Waals surface area contributed by atoms with E-state index in [0.29, 0.717) is 11.3 Å². The summed E-state index contributed by atoms with van der Waals surface area (Å²) in [7, 11) is 0. The number of anilines is 2. The van der Waals surface area contributed by atoms with Gasteiger partial charge in [0.2, 0.25) is 5.91 Å². The van der Waals surface area contributed by atoms with Gasteiger partial charge in [-0.05, 0) is 30.3 Å². The second kappa shape index (κ2) is 8.38. The van der Waals surface area contributed by atoms with Crippen LogP contribution in [0.4, 0.5) is 24.0 Å². The summed E-state index contributed by atoms with van der Waals surface area (Å²) < 4.78 is 46.0. The van der Waals surface area contributed by atoms with Gasteiger partial charge in [-0.3, -0.25) is 14.1 Å². The Morgan fingerprint density at radius 2 is 2.03 bits per heavy atom. The molecular weight excluding hydrogens is 447 g/mol. The number of amides is 1. The second-order valence-corrected chi connectivity index (χ2v) is 7.45. The second-order valence-electron chi connectivity index (χ2n) is 6.61. The predicted octanol–water partition coefficient (Wildman–Crippen LogP) is 4.25. The Bertz CT molecular complexity index is 1300. The molecule has 1 aromatic carbocycles. The molecule has 4 rings (SSSR count). The molecule has 0 aliphatic heterocycles. The number of nitrogens with zero attached hydrogens (tertiary/aromatic N) is 5. The number of pyridine rings is 1. The molecule has 3 heterocycles. The summed E-state index contributed by atoms with van der Waals surface area (Å²) in [6.07, 6.45) is -1.57. The highest BCUT2D eigenvalue weighted by Gasteiger charge is 2.31. The number of fused-ring (bicyclic) bond motifs is 1. The number of esters is 1. The maximum absolute atomic E-state index is 13.0. The zero-order chi connectivity index (χ0) is 22.9. The van der Waals surface area contributed by atoms with Crippen molar-refractivity contribution in [2.45, 2.75) is 19.7 Å². The van der Waals surface area contributed by atoms with Crippen LogP contribution in [0.5, 0.6) is 0 Å². The molecule has 0 spiro atoms. The normalized spacial score (nSPS) is 11.5. The van der Waals surface area contributed by atoms with Crippen LogP contribution in [0.1, 0.15) is 28.5 Å². The van der Waals surface area contributed by atoms with Crippen molar-refractivity contribution in [2.75, 3.05) is 4.90 Å². The molecule has 0 saturated heterocycles. The lowest BCUT2D eigenvalue weighted by atomic mass is 10.2. The van der Waals surface area contributed by atoms with Crippen LogP contribution in [-0.4, -0.2) is 31.5 Å². The van der Waals surface area contributed by atoms with Gasteiger partial charge in [-0.1, -0.05) is 6.07 Å². The number of hydrogen-bond acceptors (Lipinski definition) is 7. The molecule has 3 aromatic heterocycles. The number of ether oxygens (including phenoxy) is 1. The number of carbonyl (C=O) groups excluding carboxylic acids is 2. The van der Waals surface area contributed by atoms with Gasteiger partial charge in [0.15, 0.2) is 10.8 Å². The first-order chi connectivity index (χ1) is 15.2. The lowest BCUT2D eigenvalue weighted by Gasteiger charge is -2.19. The van der Waals surface area contributed by atoms with E-state index in [-0.39, 0.29) is 23.0 Å². The molecule has 32 heavy (non-hydrogen) atoms. The largest absolute Gasteiger partial charge is 0.456 e. The Morgan fingerprint density at radius 3 is 2.78 bits per heavy atom. The number of hydrogen-bond donors (Lipinski definition) is 0. The van der Waals surface area contributed by atoms with Gasteiger partial charge in [0, 0.05) is 18.5 Å². The average molecular weight is 461 g/mol. The summed E-state index contributed by atoms with van der Waals surface area (Å²) >= 11 is 1.05. The molecule has 0 atom stereocenters. The Hall–Kier alpha value is -3.80. The lowest BCUT2D eigenvalue weighted by molar-refractivity contribution is -0.137. The van der Waals surface area contributed by atoms with Crippen molar-refractivity contribution in [3.05, 3.63) is 71.1 Å². The van der Waals surface area contributed by atoms with Gasteiger partial charge in [0.25, 0.3) is 0 Å². The van der Waals surface area contributed by atoms with Crippen LogP contribution < -0.4 is 4.90 Å². The standard InChI is InChI=1S/C20H14F3N5O3S/c1-12(29)28(16-4-2-3-14(7-16)20(21,22)23)19-25-15(10-32-19)9-31-18(30)13-5-6-17-26-24-11-27(17)8-13/h2-8,10-11H,9H2,1H3. The third kappa shape index (κ3) is 4.44. The van der Waals surface area contributed by atoms with Crippen molar-refractivity contribution in [2.24, 2.45) is 0 Å². The van der Waals surface area contributed by atoms with E-state index in [1.165, 1.54) is 31.6 Å². The molecule has 0 unspecified atom stereocenters. The van der Waals surface area contributed by atoms with E-state index in [9.17, 15) is 22.8 Å². The number of rotatable bonds is 5. The molecular formula is C20H14F3N5O3S. The van der Waals surface area contributed by atoms with Crippen LogP contribution in [-0.2, 0) is 22.3 Å². The SMILES string of the molecule is CC(=O)N(c1cccc(C(F)(F)F)c1)c1nc(COC(=O)c2ccc3nncn3c2)cs1. The number of halogens is 3. The van der Waals surface area contributed by atoms with Crippen LogP contribution >= 0.6 is 11.3 Å². The highest BCUT2D eigenvalue weighted by molar-refractivity contribution is 7.14. The van der Waals surface area contributed by atoms with Crippen molar-refractivity contribution < 1.29 is 27.5 Å². The van der Waals surface area contributed by atoms with Crippen LogP contribution in [0.2, 0.25) is 0 Å². The van der Waals surface area contributed by atoms with Crippen LogP contribution in [0, 0.1) is 0 Å². The first-order valence-corrected chi connectivity index (χ1v) is 9.99. The Balaban J connectivity index is 1.50. The summed E-state index contributed by atoms with van der Waals surface area (Å²) in [6.45, 7) is 1.05. The third-order valence-corrected chi connectivity index (χ3v) is 5.23. The monoisotopic (exact) mass is 461 g/mol. The lowest BCUT2D eigenvalue weighted by Crippen LogP contribution is -2.23. The summed E-state index contributed by atoms with van der Waals surface area (Å²) in [5.74, 6) is -1.11. The molecule has 0 N–H and O–H groups in total. The van der Waals surface area contributed by atoms with Gasteiger partial charge in [0.1, 0.15) is 12.9 Å². The van der Waals surface area contributed by atoms with Gasteiger partial charge in [0.05, 0.1) is 22.5 Å². The minimum atomic E-state index is -4.55. The van der Waals surface area contributed by atoms with Crippen molar-refractivity contribution in [3.63, 3.8) is 0 Å². The third-order valence-electron chi connectivity index (χ3n) is 4.36. The highest BCUT2D eigenvalue weighted by Crippen LogP contribution is 2.35. The molecule has 0 aliphatic rings. The minimum Gasteiger partial charge on any atom is -0.456 e. The smallest absolute Gasteiger partial charge is 0.416 e. The number of benzene rings is 1. The van der Waals surface area contributed by atoms with Gasteiger partial charge >= 0.3 is 12.1 Å². The predicted molar refractivity (Wildman–Crippen MR) is 108 cm³/mol. The fourth-order valence-corrected chi connectivity index (χ4v) is 3.76. The zero-order valence-electron chi connectivity index (χ0n) is 16.4. The zero-order valence-corrected chi connectivity index (χ0v) is 17.2. The van der Waals surface area contributed by atoms with Gasteiger partial charge in [-0.25, -0.2) is 9.78 Å².